The number of hydrogen-bond acceptors (Lipinski definition) is 2. The first-order valence-corrected chi connectivity index (χ1v) is 8.55. The first-order chi connectivity index (χ1) is 11.9. The van der Waals surface area contributed by atoms with Gasteiger partial charge in [-0.15, -0.1) is 0 Å². The van der Waals surface area contributed by atoms with Gasteiger partial charge in [-0.1, -0.05) is 62.4 Å². The molecule has 0 heterocycles. The maximum absolute atomic E-state index is 12.9. The van der Waals surface area contributed by atoms with Gasteiger partial charge >= 0.3 is 0 Å². The number of carbonyl (C=O) groups is 2. The molecular weight excluding hydrogens is 312 g/mol. The maximum atomic E-state index is 12.9. The van der Waals surface area contributed by atoms with E-state index in [0.717, 1.165) is 11.1 Å². The minimum absolute atomic E-state index is 0.00121. The van der Waals surface area contributed by atoms with E-state index in [4.69, 9.17) is 0 Å². The number of hydrogen-bond donors (Lipinski definition) is 1. The highest BCUT2D eigenvalue weighted by molar-refractivity contribution is 5.98. The van der Waals surface area contributed by atoms with Crippen molar-refractivity contribution < 1.29 is 9.59 Å². The Kier molecular flexibility index (Phi) is 6.34. The van der Waals surface area contributed by atoms with Crippen molar-refractivity contribution in [3.63, 3.8) is 0 Å². The van der Waals surface area contributed by atoms with Crippen LogP contribution in [0.5, 0.6) is 0 Å². The average Bonchev–Trinajstić information content (AvgIpc) is 2.59. The molecule has 0 spiro atoms. The van der Waals surface area contributed by atoms with Crippen LogP contribution < -0.4 is 5.32 Å². The summed E-state index contributed by atoms with van der Waals surface area (Å²) in [6, 6.07) is 16.7. The Bertz CT molecular complexity index is 726. The largest absolute Gasteiger partial charge is 0.340 e. The molecule has 2 aromatic carbocycles. The zero-order chi connectivity index (χ0) is 18.4. The summed E-state index contributed by atoms with van der Waals surface area (Å²) >= 11 is 0. The van der Waals surface area contributed by atoms with E-state index in [9.17, 15) is 9.59 Å². The van der Waals surface area contributed by atoms with Crippen LogP contribution in [0.15, 0.2) is 54.6 Å². The van der Waals surface area contributed by atoms with Gasteiger partial charge in [0.1, 0.15) is 6.04 Å². The second-order valence-corrected chi connectivity index (χ2v) is 6.69. The maximum Gasteiger partial charge on any atom is 0.252 e. The van der Waals surface area contributed by atoms with Gasteiger partial charge in [0, 0.05) is 19.2 Å². The van der Waals surface area contributed by atoms with Crippen LogP contribution in [0.1, 0.15) is 35.3 Å². The lowest BCUT2D eigenvalue weighted by atomic mass is 10.0. The number of nitrogens with zero attached hydrogens (tertiary/aromatic N) is 1. The summed E-state index contributed by atoms with van der Waals surface area (Å²) in [5.41, 5.74) is 2.56. The smallest absolute Gasteiger partial charge is 0.252 e. The first-order valence-electron chi connectivity index (χ1n) is 8.55. The summed E-state index contributed by atoms with van der Waals surface area (Å²) in [6.45, 7) is 6.29. The Labute approximate surface area is 149 Å². The molecule has 0 aliphatic carbocycles. The van der Waals surface area contributed by atoms with Gasteiger partial charge in [-0.2, -0.15) is 0 Å². The molecule has 1 atom stereocenters. The Balaban J connectivity index is 2.10. The number of carbonyl (C=O) groups excluding carboxylic acids is 2. The third-order valence-electron chi connectivity index (χ3n) is 4.25. The number of likely N-dealkylation sites (N-methyl/N-ethyl adjacent to an activating group) is 1. The van der Waals surface area contributed by atoms with Crippen molar-refractivity contribution in [2.45, 2.75) is 33.4 Å². The molecule has 0 bridgehead atoms. The lowest BCUT2D eigenvalue weighted by molar-refractivity contribution is -0.133. The number of rotatable bonds is 6. The summed E-state index contributed by atoms with van der Waals surface area (Å²) < 4.78 is 0. The fraction of sp³-hybridized carbons (Fsp3) is 0.333. The van der Waals surface area contributed by atoms with E-state index in [2.05, 4.69) is 5.32 Å². The zero-order valence-corrected chi connectivity index (χ0v) is 15.3. The Morgan fingerprint density at radius 3 is 2.20 bits per heavy atom. The number of benzene rings is 2. The van der Waals surface area contributed by atoms with E-state index < -0.39 is 6.04 Å². The molecule has 2 amide bonds. The summed E-state index contributed by atoms with van der Waals surface area (Å²) in [7, 11) is 1.77. The van der Waals surface area contributed by atoms with Crippen LogP contribution in [0.25, 0.3) is 0 Å². The van der Waals surface area contributed by atoms with Crippen molar-refractivity contribution >= 4 is 11.8 Å². The molecule has 132 valence electrons. The van der Waals surface area contributed by atoms with Crippen molar-refractivity contribution in [1.82, 2.24) is 10.2 Å². The average molecular weight is 338 g/mol. The lowest BCUT2D eigenvalue weighted by Crippen LogP contribution is -2.50. The molecule has 2 aromatic rings. The zero-order valence-electron chi connectivity index (χ0n) is 15.3. The molecule has 0 aromatic heterocycles. The molecule has 0 aliphatic rings. The summed E-state index contributed by atoms with van der Waals surface area (Å²) in [5, 5.41) is 2.91. The van der Waals surface area contributed by atoms with Gasteiger partial charge in [-0.3, -0.25) is 9.59 Å². The normalized spacial score (nSPS) is 11.9. The third kappa shape index (κ3) is 4.92. The Morgan fingerprint density at radius 2 is 1.60 bits per heavy atom. The van der Waals surface area contributed by atoms with Gasteiger partial charge in [-0.25, -0.2) is 0 Å². The second-order valence-electron chi connectivity index (χ2n) is 6.69. The van der Waals surface area contributed by atoms with Gasteiger partial charge in [0.15, 0.2) is 0 Å². The minimum Gasteiger partial charge on any atom is -0.340 e. The fourth-order valence-electron chi connectivity index (χ4n) is 2.73. The molecule has 0 saturated heterocycles. The molecule has 0 radical (unpaired) electrons. The van der Waals surface area contributed by atoms with Crippen molar-refractivity contribution in [1.29, 1.82) is 0 Å². The Morgan fingerprint density at radius 1 is 1.00 bits per heavy atom. The Hall–Kier alpha value is -2.62. The summed E-state index contributed by atoms with van der Waals surface area (Å²) in [4.78, 5) is 27.1. The van der Waals surface area contributed by atoms with E-state index >= 15 is 0 Å². The van der Waals surface area contributed by atoms with Gasteiger partial charge in [0.25, 0.3) is 5.91 Å². The number of amides is 2. The molecule has 1 unspecified atom stereocenters. The van der Waals surface area contributed by atoms with E-state index in [1.807, 2.05) is 69.3 Å². The van der Waals surface area contributed by atoms with Gasteiger partial charge < -0.3 is 10.2 Å². The van der Waals surface area contributed by atoms with E-state index in [-0.39, 0.29) is 17.7 Å². The summed E-state index contributed by atoms with van der Waals surface area (Å²) in [5.74, 6) is -0.294. The molecule has 4 heteroatoms. The topological polar surface area (TPSA) is 49.4 Å². The molecule has 0 aliphatic heterocycles. The van der Waals surface area contributed by atoms with Crippen LogP contribution in [0.2, 0.25) is 0 Å². The molecule has 0 saturated carbocycles. The van der Waals surface area contributed by atoms with Gasteiger partial charge in [0.05, 0.1) is 0 Å². The second kappa shape index (κ2) is 8.47. The first kappa shape index (κ1) is 18.7. The van der Waals surface area contributed by atoms with Crippen LogP contribution >= 0.6 is 0 Å². The quantitative estimate of drug-likeness (QED) is 0.877. The molecule has 4 nitrogen and oxygen atoms in total. The highest BCUT2D eigenvalue weighted by Gasteiger charge is 2.27. The standard InChI is InChI=1S/C21H26N2O2/c1-15(2)19(22-20(24)18-13-9-8-10-16(18)3)21(25)23(4)14-17-11-6-5-7-12-17/h5-13,15,19H,14H2,1-4H3,(H,22,24). The highest BCUT2D eigenvalue weighted by Crippen LogP contribution is 2.12. The van der Waals surface area contributed by atoms with Crippen LogP contribution in [-0.4, -0.2) is 29.8 Å². The molecule has 0 fully saturated rings. The number of aryl methyl sites for hydroxylation is 1. The monoisotopic (exact) mass is 338 g/mol. The summed E-state index contributed by atoms with van der Waals surface area (Å²) in [6.07, 6.45) is 0. The van der Waals surface area contributed by atoms with Crippen LogP contribution in [0.4, 0.5) is 0 Å². The van der Waals surface area contributed by atoms with Crippen LogP contribution in [-0.2, 0) is 11.3 Å². The van der Waals surface area contributed by atoms with E-state index in [1.165, 1.54) is 0 Å². The third-order valence-corrected chi connectivity index (χ3v) is 4.25. The van der Waals surface area contributed by atoms with E-state index in [1.54, 1.807) is 18.0 Å². The predicted molar refractivity (Wildman–Crippen MR) is 100 cm³/mol. The number of nitrogens with one attached hydrogen (secondary N) is 1. The van der Waals surface area contributed by atoms with Crippen LogP contribution in [0, 0.1) is 12.8 Å². The minimum atomic E-state index is -0.555. The van der Waals surface area contributed by atoms with Crippen LogP contribution in [0.3, 0.4) is 0 Å². The fourth-order valence-corrected chi connectivity index (χ4v) is 2.73. The van der Waals surface area contributed by atoms with Gasteiger partial charge in [0.2, 0.25) is 5.91 Å². The van der Waals surface area contributed by atoms with Gasteiger partial charge in [-0.05, 0) is 30.0 Å². The molecular formula is C21H26N2O2. The molecule has 2 rings (SSSR count). The van der Waals surface area contributed by atoms with Crippen molar-refractivity contribution in [3.8, 4) is 0 Å². The van der Waals surface area contributed by atoms with Crippen molar-refractivity contribution in [2.24, 2.45) is 5.92 Å². The predicted octanol–water partition coefficient (Wildman–Crippen LogP) is 3.41. The SMILES string of the molecule is Cc1ccccc1C(=O)NC(C(=O)N(C)Cc1ccccc1)C(C)C. The lowest BCUT2D eigenvalue weighted by Gasteiger charge is -2.27. The molecule has 1 N–H and O–H groups in total. The van der Waals surface area contributed by atoms with Crippen molar-refractivity contribution in [2.75, 3.05) is 7.05 Å². The van der Waals surface area contributed by atoms with E-state index in [0.29, 0.717) is 12.1 Å². The highest BCUT2D eigenvalue weighted by atomic mass is 16.2. The van der Waals surface area contributed by atoms with Crippen molar-refractivity contribution in [3.05, 3.63) is 71.3 Å². The molecule has 25 heavy (non-hydrogen) atoms.